The molecule has 6 heteroatoms. The van der Waals surface area contributed by atoms with E-state index in [0.717, 1.165) is 10.7 Å². The Bertz CT molecular complexity index is 604. The summed E-state index contributed by atoms with van der Waals surface area (Å²) in [7, 11) is 1.88. The van der Waals surface area contributed by atoms with Crippen molar-refractivity contribution in [2.45, 2.75) is 13.5 Å². The van der Waals surface area contributed by atoms with E-state index in [0.29, 0.717) is 12.4 Å². The molecule has 0 saturated heterocycles. The van der Waals surface area contributed by atoms with Crippen molar-refractivity contribution in [1.82, 2.24) is 20.1 Å². The van der Waals surface area contributed by atoms with E-state index in [-0.39, 0.29) is 5.91 Å². The second-order valence-corrected chi connectivity index (χ2v) is 4.48. The molecule has 0 saturated carbocycles. The van der Waals surface area contributed by atoms with E-state index in [1.165, 1.54) is 0 Å². The largest absolute Gasteiger partial charge is 0.338 e. The molecule has 1 amide bonds. The second kappa shape index (κ2) is 5.47. The molecule has 0 aliphatic rings. The van der Waals surface area contributed by atoms with Gasteiger partial charge in [-0.15, -0.1) is 21.5 Å². The van der Waals surface area contributed by atoms with Crippen molar-refractivity contribution in [2.75, 3.05) is 0 Å². The topological polar surface area (TPSA) is 59.8 Å². The molecule has 0 aromatic carbocycles. The molecule has 2 aromatic heterocycles. The monoisotopic (exact) mass is 260 g/mol. The zero-order chi connectivity index (χ0) is 13.0. The van der Waals surface area contributed by atoms with Crippen LogP contribution in [0.2, 0.25) is 0 Å². The smallest absolute Gasteiger partial charge is 0.296 e. The molecule has 92 valence electrons. The molecule has 2 heterocycles. The lowest BCUT2D eigenvalue weighted by atomic mass is 10.4. The van der Waals surface area contributed by atoms with Gasteiger partial charge in [-0.25, -0.2) is 0 Å². The summed E-state index contributed by atoms with van der Waals surface area (Å²) in [5, 5.41) is 12.8. The third kappa shape index (κ3) is 2.57. The van der Waals surface area contributed by atoms with Gasteiger partial charge in [0.1, 0.15) is 0 Å². The van der Waals surface area contributed by atoms with Gasteiger partial charge in [0.05, 0.1) is 11.4 Å². The Morgan fingerprint density at radius 2 is 2.39 bits per heavy atom. The normalized spacial score (nSPS) is 9.67. The van der Waals surface area contributed by atoms with Gasteiger partial charge >= 0.3 is 0 Å². The highest BCUT2D eigenvalue weighted by atomic mass is 32.1. The average Bonchev–Trinajstić information content (AvgIpc) is 2.96. The van der Waals surface area contributed by atoms with Crippen molar-refractivity contribution in [3.63, 3.8) is 0 Å². The highest BCUT2D eigenvalue weighted by Crippen LogP contribution is 2.22. The summed E-state index contributed by atoms with van der Waals surface area (Å²) >= 11 is 1.60. The van der Waals surface area contributed by atoms with Gasteiger partial charge in [0.15, 0.2) is 11.6 Å². The summed E-state index contributed by atoms with van der Waals surface area (Å²) in [4.78, 5) is 12.3. The summed E-state index contributed by atoms with van der Waals surface area (Å²) in [5.74, 6) is 6.15. The molecular formula is C12H12N4OS. The van der Waals surface area contributed by atoms with E-state index in [1.807, 2.05) is 29.1 Å². The Morgan fingerprint density at radius 1 is 1.56 bits per heavy atom. The van der Waals surface area contributed by atoms with Crippen LogP contribution in [0.5, 0.6) is 0 Å². The number of hydrogen-bond acceptors (Lipinski definition) is 4. The Hall–Kier alpha value is -2.13. The van der Waals surface area contributed by atoms with Crippen LogP contribution in [0.25, 0.3) is 10.7 Å². The Labute approximate surface area is 109 Å². The zero-order valence-electron chi connectivity index (χ0n) is 10.1. The molecular weight excluding hydrogens is 248 g/mol. The number of hydrogen-bond donors (Lipinski definition) is 1. The van der Waals surface area contributed by atoms with Crippen LogP contribution in [0.1, 0.15) is 12.7 Å². The Morgan fingerprint density at radius 3 is 3.06 bits per heavy atom. The van der Waals surface area contributed by atoms with Gasteiger partial charge in [-0.1, -0.05) is 12.0 Å². The maximum Gasteiger partial charge on any atom is 0.296 e. The van der Waals surface area contributed by atoms with Crippen LogP contribution >= 0.6 is 11.3 Å². The van der Waals surface area contributed by atoms with Gasteiger partial charge in [0.25, 0.3) is 5.91 Å². The van der Waals surface area contributed by atoms with Crippen LogP contribution in [0.4, 0.5) is 0 Å². The molecule has 18 heavy (non-hydrogen) atoms. The van der Waals surface area contributed by atoms with Crippen LogP contribution in [0.3, 0.4) is 0 Å². The number of aromatic nitrogens is 3. The van der Waals surface area contributed by atoms with Gasteiger partial charge in [0, 0.05) is 7.05 Å². The van der Waals surface area contributed by atoms with Crippen molar-refractivity contribution in [3.8, 4) is 22.5 Å². The first-order chi connectivity index (χ1) is 8.72. The number of carbonyl (C=O) groups is 1. The molecule has 0 aliphatic carbocycles. The predicted octanol–water partition coefficient (Wildman–Crippen LogP) is 1.18. The van der Waals surface area contributed by atoms with E-state index in [2.05, 4.69) is 27.4 Å². The SMILES string of the molecule is CC#CC(=O)NCc1nnc(-c2cccs2)n1C. The fourth-order valence-corrected chi connectivity index (χ4v) is 2.20. The predicted molar refractivity (Wildman–Crippen MR) is 69.6 cm³/mol. The third-order valence-corrected chi connectivity index (χ3v) is 3.22. The minimum atomic E-state index is -0.307. The molecule has 0 atom stereocenters. The van der Waals surface area contributed by atoms with Crippen molar-refractivity contribution in [2.24, 2.45) is 7.05 Å². The molecule has 0 aliphatic heterocycles. The maximum absolute atomic E-state index is 11.2. The molecule has 0 spiro atoms. The van der Waals surface area contributed by atoms with Crippen molar-refractivity contribution in [1.29, 1.82) is 0 Å². The van der Waals surface area contributed by atoms with Gasteiger partial charge in [-0.05, 0) is 24.3 Å². The van der Waals surface area contributed by atoms with Crippen molar-refractivity contribution >= 4 is 17.2 Å². The number of nitrogens with zero attached hydrogens (tertiary/aromatic N) is 3. The van der Waals surface area contributed by atoms with Crippen molar-refractivity contribution < 1.29 is 4.79 Å². The summed E-state index contributed by atoms with van der Waals surface area (Å²) in [6, 6.07) is 3.95. The Kier molecular flexibility index (Phi) is 3.75. The third-order valence-electron chi connectivity index (χ3n) is 2.35. The first kappa shape index (κ1) is 12.3. The van der Waals surface area contributed by atoms with Crippen molar-refractivity contribution in [3.05, 3.63) is 23.3 Å². The highest BCUT2D eigenvalue weighted by Gasteiger charge is 2.11. The van der Waals surface area contributed by atoms with Crippen LogP contribution in [0, 0.1) is 11.8 Å². The van der Waals surface area contributed by atoms with Crippen LogP contribution in [0.15, 0.2) is 17.5 Å². The van der Waals surface area contributed by atoms with E-state index in [4.69, 9.17) is 0 Å². The minimum Gasteiger partial charge on any atom is -0.338 e. The van der Waals surface area contributed by atoms with E-state index < -0.39 is 0 Å². The number of nitrogens with one attached hydrogen (secondary N) is 1. The lowest BCUT2D eigenvalue weighted by Crippen LogP contribution is -2.22. The first-order valence-electron chi connectivity index (χ1n) is 5.35. The van der Waals surface area contributed by atoms with Gasteiger partial charge in [0.2, 0.25) is 0 Å². The lowest BCUT2D eigenvalue weighted by Gasteiger charge is -2.02. The number of thiophene rings is 1. The van der Waals surface area contributed by atoms with Gasteiger partial charge < -0.3 is 9.88 Å². The fourth-order valence-electron chi connectivity index (χ4n) is 1.45. The maximum atomic E-state index is 11.2. The highest BCUT2D eigenvalue weighted by molar-refractivity contribution is 7.13. The van der Waals surface area contributed by atoms with E-state index in [1.54, 1.807) is 18.3 Å². The summed E-state index contributed by atoms with van der Waals surface area (Å²) in [5.41, 5.74) is 0. The molecule has 0 bridgehead atoms. The molecule has 5 nitrogen and oxygen atoms in total. The molecule has 0 fully saturated rings. The molecule has 2 aromatic rings. The number of rotatable bonds is 3. The van der Waals surface area contributed by atoms with Crippen LogP contribution < -0.4 is 5.32 Å². The van der Waals surface area contributed by atoms with E-state index in [9.17, 15) is 4.79 Å². The summed E-state index contributed by atoms with van der Waals surface area (Å²) < 4.78 is 1.87. The second-order valence-electron chi connectivity index (χ2n) is 3.53. The van der Waals surface area contributed by atoms with Gasteiger partial charge in [-0.2, -0.15) is 0 Å². The lowest BCUT2D eigenvalue weighted by molar-refractivity contribution is -0.115. The fraction of sp³-hybridized carbons (Fsp3) is 0.250. The van der Waals surface area contributed by atoms with Gasteiger partial charge in [-0.3, -0.25) is 4.79 Å². The molecule has 0 unspecified atom stereocenters. The summed E-state index contributed by atoms with van der Waals surface area (Å²) in [6.45, 7) is 1.94. The summed E-state index contributed by atoms with van der Waals surface area (Å²) in [6.07, 6.45) is 0. The van der Waals surface area contributed by atoms with Crippen LogP contribution in [-0.2, 0) is 18.4 Å². The Balaban J connectivity index is 2.11. The van der Waals surface area contributed by atoms with Crippen LogP contribution in [-0.4, -0.2) is 20.7 Å². The minimum absolute atomic E-state index is 0.307. The quantitative estimate of drug-likeness (QED) is 0.843. The zero-order valence-corrected chi connectivity index (χ0v) is 10.9. The average molecular weight is 260 g/mol. The molecule has 2 rings (SSSR count). The van der Waals surface area contributed by atoms with E-state index >= 15 is 0 Å². The standard InChI is InChI=1S/C12H12N4OS/c1-3-5-11(17)13-8-10-14-15-12(16(10)2)9-6-4-7-18-9/h4,6-7H,8H2,1-2H3,(H,13,17). The number of carbonyl (C=O) groups excluding carboxylic acids is 1. The molecule has 0 radical (unpaired) electrons. The number of amides is 1. The first-order valence-corrected chi connectivity index (χ1v) is 6.23. The molecule has 1 N–H and O–H groups in total.